The fraction of sp³-hybridized carbons (Fsp3) is 0.889. The minimum atomic E-state index is -0.766. The van der Waals surface area contributed by atoms with Gasteiger partial charge in [-0.25, -0.2) is 0 Å². The molecular formula is C9H15NOS. The van der Waals surface area contributed by atoms with E-state index >= 15 is 0 Å². The first-order valence-corrected chi connectivity index (χ1v) is 5.94. The Morgan fingerprint density at radius 1 is 1.50 bits per heavy atom. The second-order valence-corrected chi connectivity index (χ2v) is 5.17. The minimum absolute atomic E-state index is 0.0551. The second kappa shape index (κ2) is 4.61. The lowest BCUT2D eigenvalue weighted by Gasteiger charge is -2.25. The van der Waals surface area contributed by atoms with Crippen LogP contribution in [0.4, 0.5) is 0 Å². The van der Waals surface area contributed by atoms with Crippen molar-refractivity contribution in [2.75, 3.05) is 5.75 Å². The predicted molar refractivity (Wildman–Crippen MR) is 50.0 cm³/mol. The van der Waals surface area contributed by atoms with Crippen LogP contribution >= 0.6 is 0 Å². The summed E-state index contributed by atoms with van der Waals surface area (Å²) in [4.78, 5) is 0. The van der Waals surface area contributed by atoms with Crippen LogP contribution in [0.15, 0.2) is 0 Å². The first-order valence-electron chi connectivity index (χ1n) is 4.56. The van der Waals surface area contributed by atoms with Crippen LogP contribution in [0.25, 0.3) is 0 Å². The van der Waals surface area contributed by atoms with E-state index < -0.39 is 10.8 Å². The highest BCUT2D eigenvalue weighted by Gasteiger charge is 2.28. The largest absolute Gasteiger partial charge is 0.259 e. The maximum Gasteiger partial charge on any atom is 0.0668 e. The van der Waals surface area contributed by atoms with Crippen LogP contribution in [0.2, 0.25) is 0 Å². The Morgan fingerprint density at radius 3 is 2.75 bits per heavy atom. The highest BCUT2D eigenvalue weighted by atomic mass is 32.2. The third kappa shape index (κ3) is 2.07. The molecule has 1 fully saturated rings. The molecule has 1 rings (SSSR count). The Kier molecular flexibility index (Phi) is 3.74. The van der Waals surface area contributed by atoms with Crippen LogP contribution in [-0.2, 0) is 10.8 Å². The first kappa shape index (κ1) is 9.73. The van der Waals surface area contributed by atoms with Crippen LogP contribution < -0.4 is 0 Å². The fourth-order valence-electron chi connectivity index (χ4n) is 1.77. The van der Waals surface area contributed by atoms with Gasteiger partial charge in [0.05, 0.1) is 17.2 Å². The molecule has 0 heterocycles. The summed E-state index contributed by atoms with van der Waals surface area (Å²) in [5, 5.41) is 8.98. The average molecular weight is 185 g/mol. The predicted octanol–water partition coefficient (Wildman–Crippen LogP) is 1.84. The van der Waals surface area contributed by atoms with E-state index in [4.69, 9.17) is 5.26 Å². The van der Waals surface area contributed by atoms with Crippen LogP contribution in [0, 0.1) is 17.2 Å². The molecule has 0 aliphatic heterocycles. The Bertz CT molecular complexity index is 209. The molecule has 0 aromatic heterocycles. The van der Waals surface area contributed by atoms with Crippen molar-refractivity contribution in [3.8, 4) is 6.07 Å². The van der Waals surface area contributed by atoms with E-state index in [1.54, 1.807) is 0 Å². The van der Waals surface area contributed by atoms with Gasteiger partial charge in [-0.05, 0) is 12.8 Å². The Labute approximate surface area is 76.4 Å². The molecule has 0 aromatic carbocycles. The number of hydrogen-bond acceptors (Lipinski definition) is 2. The molecule has 0 aromatic rings. The Hall–Kier alpha value is -0.360. The summed E-state index contributed by atoms with van der Waals surface area (Å²) in [6.45, 7) is 1.93. The maximum atomic E-state index is 11.5. The van der Waals surface area contributed by atoms with E-state index in [1.807, 2.05) is 6.92 Å². The van der Waals surface area contributed by atoms with Gasteiger partial charge >= 0.3 is 0 Å². The molecule has 12 heavy (non-hydrogen) atoms. The maximum absolute atomic E-state index is 11.5. The molecule has 3 unspecified atom stereocenters. The zero-order valence-electron chi connectivity index (χ0n) is 7.45. The number of nitrogens with zero attached hydrogens (tertiary/aromatic N) is 1. The molecule has 3 atom stereocenters. The molecule has 1 saturated carbocycles. The van der Waals surface area contributed by atoms with Crippen LogP contribution in [0.5, 0.6) is 0 Å². The zero-order chi connectivity index (χ0) is 8.97. The molecule has 0 N–H and O–H groups in total. The summed E-state index contributed by atoms with van der Waals surface area (Å²) in [7, 11) is -0.766. The van der Waals surface area contributed by atoms with Crippen molar-refractivity contribution in [1.82, 2.24) is 0 Å². The number of rotatable bonds is 2. The lowest BCUT2D eigenvalue weighted by atomic mass is 9.90. The van der Waals surface area contributed by atoms with Crippen molar-refractivity contribution in [2.45, 2.75) is 37.9 Å². The molecule has 3 heteroatoms. The van der Waals surface area contributed by atoms with Gasteiger partial charge in [0, 0.05) is 16.6 Å². The van der Waals surface area contributed by atoms with Crippen molar-refractivity contribution in [2.24, 2.45) is 5.92 Å². The van der Waals surface area contributed by atoms with Gasteiger partial charge in [0.2, 0.25) is 0 Å². The third-order valence-electron chi connectivity index (χ3n) is 2.49. The second-order valence-electron chi connectivity index (χ2n) is 3.23. The lowest BCUT2D eigenvalue weighted by molar-refractivity contribution is 0.431. The normalized spacial score (nSPS) is 32.3. The van der Waals surface area contributed by atoms with Crippen molar-refractivity contribution < 1.29 is 4.21 Å². The first-order chi connectivity index (χ1) is 5.79. The number of hydrogen-bond donors (Lipinski definition) is 0. The SMILES string of the molecule is CCS(=O)C1CCCCC1C#N. The van der Waals surface area contributed by atoms with Crippen molar-refractivity contribution in [1.29, 1.82) is 5.26 Å². The van der Waals surface area contributed by atoms with E-state index in [9.17, 15) is 4.21 Å². The van der Waals surface area contributed by atoms with Gasteiger partial charge in [0.1, 0.15) is 0 Å². The Balaban J connectivity index is 2.60. The topological polar surface area (TPSA) is 40.9 Å². The van der Waals surface area contributed by atoms with Crippen LogP contribution in [0.3, 0.4) is 0 Å². The molecule has 1 aliphatic carbocycles. The van der Waals surface area contributed by atoms with Crippen LogP contribution in [-0.4, -0.2) is 15.2 Å². The molecule has 1 aliphatic rings. The minimum Gasteiger partial charge on any atom is -0.259 e. The zero-order valence-corrected chi connectivity index (χ0v) is 8.27. The van der Waals surface area contributed by atoms with Gasteiger partial charge in [-0.3, -0.25) is 4.21 Å². The molecule has 68 valence electrons. The van der Waals surface area contributed by atoms with E-state index in [0.29, 0.717) is 5.75 Å². The van der Waals surface area contributed by atoms with Gasteiger partial charge in [0.25, 0.3) is 0 Å². The third-order valence-corrected chi connectivity index (χ3v) is 4.30. The van der Waals surface area contributed by atoms with Gasteiger partial charge < -0.3 is 0 Å². The van der Waals surface area contributed by atoms with Crippen molar-refractivity contribution in [3.05, 3.63) is 0 Å². The molecule has 0 bridgehead atoms. The fourth-order valence-corrected chi connectivity index (χ4v) is 3.19. The Morgan fingerprint density at radius 2 is 2.17 bits per heavy atom. The van der Waals surface area contributed by atoms with Crippen molar-refractivity contribution in [3.63, 3.8) is 0 Å². The van der Waals surface area contributed by atoms with Gasteiger partial charge in [-0.15, -0.1) is 0 Å². The van der Waals surface area contributed by atoms with E-state index in [2.05, 4.69) is 6.07 Å². The quantitative estimate of drug-likeness (QED) is 0.658. The lowest BCUT2D eigenvalue weighted by Crippen LogP contribution is -2.28. The summed E-state index contributed by atoms with van der Waals surface area (Å²) in [5.74, 6) is 0.752. The van der Waals surface area contributed by atoms with E-state index in [0.717, 1.165) is 25.7 Å². The van der Waals surface area contributed by atoms with Crippen molar-refractivity contribution >= 4 is 10.8 Å². The van der Waals surface area contributed by atoms with Gasteiger partial charge in [-0.1, -0.05) is 19.8 Å². The average Bonchev–Trinajstić information content (AvgIpc) is 2.16. The van der Waals surface area contributed by atoms with Gasteiger partial charge in [-0.2, -0.15) is 5.26 Å². The molecule has 0 radical (unpaired) electrons. The van der Waals surface area contributed by atoms with E-state index in [-0.39, 0.29) is 11.2 Å². The summed E-state index contributed by atoms with van der Waals surface area (Å²) in [6, 6.07) is 2.28. The number of nitriles is 1. The standard InChI is InChI=1S/C9H15NOS/c1-2-12(11)9-6-4-3-5-8(9)7-10/h8-9H,2-6H2,1H3. The summed E-state index contributed by atoms with van der Waals surface area (Å²) < 4.78 is 11.5. The highest BCUT2D eigenvalue weighted by molar-refractivity contribution is 7.85. The van der Waals surface area contributed by atoms with Gasteiger partial charge in [0.15, 0.2) is 0 Å². The molecular weight excluding hydrogens is 170 g/mol. The monoisotopic (exact) mass is 185 g/mol. The smallest absolute Gasteiger partial charge is 0.0668 e. The molecule has 0 spiro atoms. The van der Waals surface area contributed by atoms with Crippen LogP contribution in [0.1, 0.15) is 32.6 Å². The molecule has 0 amide bonds. The summed E-state index contributed by atoms with van der Waals surface area (Å²) >= 11 is 0. The van der Waals surface area contributed by atoms with E-state index in [1.165, 1.54) is 0 Å². The molecule has 2 nitrogen and oxygen atoms in total. The molecule has 0 saturated heterocycles. The highest BCUT2D eigenvalue weighted by Crippen LogP contribution is 2.27. The summed E-state index contributed by atoms with van der Waals surface area (Å²) in [5.41, 5.74) is 0. The summed E-state index contributed by atoms with van der Waals surface area (Å²) in [6.07, 6.45) is 4.22.